The maximum Gasteiger partial charge on any atom is 0.132 e. The van der Waals surface area contributed by atoms with E-state index in [4.69, 9.17) is 9.47 Å². The molecule has 0 atom stereocenters. The lowest BCUT2D eigenvalue weighted by molar-refractivity contribution is 0.436. The van der Waals surface area contributed by atoms with Crippen molar-refractivity contribution in [3.63, 3.8) is 0 Å². The highest BCUT2D eigenvalue weighted by Gasteiger charge is 2.52. The second kappa shape index (κ2) is 16.4. The molecule has 78 heavy (non-hydrogen) atoms. The van der Waals surface area contributed by atoms with Gasteiger partial charge >= 0.3 is 0 Å². The molecule has 0 bridgehead atoms. The van der Waals surface area contributed by atoms with Gasteiger partial charge in [-0.1, -0.05) is 200 Å². The second-order valence-corrected chi connectivity index (χ2v) is 22.0. The van der Waals surface area contributed by atoms with Gasteiger partial charge in [-0.2, -0.15) is 0 Å². The molecule has 2 spiro atoms. The van der Waals surface area contributed by atoms with Crippen molar-refractivity contribution >= 4 is 48.6 Å². The molecule has 0 saturated carbocycles. The zero-order chi connectivity index (χ0) is 51.1. The second-order valence-electron chi connectivity index (χ2n) is 21.0. The topological polar surface area (TPSA) is 21.7 Å². The van der Waals surface area contributed by atoms with Crippen molar-refractivity contribution in [1.29, 1.82) is 0 Å². The maximum absolute atomic E-state index is 6.75. The normalized spacial score (nSPS) is 14.1. The molecule has 13 aromatic rings. The van der Waals surface area contributed by atoms with Gasteiger partial charge in [-0.05, 0) is 140 Å². The van der Waals surface area contributed by atoms with E-state index in [0.717, 1.165) is 62.3 Å². The molecule has 0 saturated heterocycles. The lowest BCUT2D eigenvalue weighted by atomic mass is 9.66. The van der Waals surface area contributed by atoms with Gasteiger partial charge in [0.25, 0.3) is 0 Å². The highest BCUT2D eigenvalue weighted by molar-refractivity contribution is 7.26. The van der Waals surface area contributed by atoms with E-state index in [2.05, 4.69) is 278 Å². The summed E-state index contributed by atoms with van der Waals surface area (Å²) in [7, 11) is 0. The third kappa shape index (κ3) is 5.87. The van der Waals surface area contributed by atoms with Crippen molar-refractivity contribution in [2.75, 3.05) is 4.90 Å². The summed E-state index contributed by atoms with van der Waals surface area (Å²) in [4.78, 5) is 2.45. The van der Waals surface area contributed by atoms with Crippen molar-refractivity contribution in [3.05, 3.63) is 317 Å². The largest absolute Gasteiger partial charge is 0.457 e. The van der Waals surface area contributed by atoms with Crippen LogP contribution in [0.4, 0.5) is 17.1 Å². The lowest BCUT2D eigenvalue weighted by Gasteiger charge is -2.39. The van der Waals surface area contributed by atoms with Crippen LogP contribution in [0.5, 0.6) is 23.0 Å². The van der Waals surface area contributed by atoms with Crippen molar-refractivity contribution in [2.24, 2.45) is 0 Å². The standard InChI is InChI=1S/C74H45NO2S/c1-4-24-59-53(19-1)55-41-40-51(45-66(55)74(59)64-28-8-12-32-69(64)77-70-33-13-9-29-65(70)74)75(49-38-35-46(36-39-49)52-22-16-23-57-56-21-3-14-34-71(56)78-72(52)57)50-18-15-17-47(43-50)48-37-42-61-58(44-48)54-20-2-5-25-60(54)73(61)62-26-6-10-30-67(62)76-68-31-11-7-27-63(68)73/h1-45H. The Labute approximate surface area is 456 Å². The molecule has 0 fully saturated rings. The van der Waals surface area contributed by atoms with Crippen LogP contribution in [0.1, 0.15) is 44.5 Å². The molecule has 4 aliphatic rings. The van der Waals surface area contributed by atoms with Gasteiger partial charge in [0.2, 0.25) is 0 Å². The Hall–Kier alpha value is -9.74. The van der Waals surface area contributed by atoms with Crippen LogP contribution in [-0.2, 0) is 10.8 Å². The van der Waals surface area contributed by atoms with Crippen molar-refractivity contribution in [1.82, 2.24) is 0 Å². The Kier molecular flexibility index (Phi) is 9.14. The van der Waals surface area contributed by atoms with Gasteiger partial charge in [-0.25, -0.2) is 0 Å². The third-order valence-electron chi connectivity index (χ3n) is 17.2. The highest BCUT2D eigenvalue weighted by Crippen LogP contribution is 2.64. The van der Waals surface area contributed by atoms with Gasteiger partial charge in [0.15, 0.2) is 0 Å². The molecule has 4 heteroatoms. The molecule has 0 amide bonds. The molecule has 0 radical (unpaired) electrons. The van der Waals surface area contributed by atoms with Gasteiger partial charge in [-0.15, -0.1) is 11.3 Å². The summed E-state index contributed by atoms with van der Waals surface area (Å²) >= 11 is 1.87. The quantitative estimate of drug-likeness (QED) is 0.171. The smallest absolute Gasteiger partial charge is 0.132 e. The molecule has 17 rings (SSSR count). The molecule has 2 aliphatic carbocycles. The first kappa shape index (κ1) is 43.5. The van der Waals surface area contributed by atoms with E-state index in [0.29, 0.717) is 0 Å². The van der Waals surface area contributed by atoms with Gasteiger partial charge in [-0.3, -0.25) is 0 Å². The van der Waals surface area contributed by atoms with E-state index >= 15 is 0 Å². The first-order valence-electron chi connectivity index (χ1n) is 26.8. The minimum Gasteiger partial charge on any atom is -0.457 e. The average Bonchev–Trinajstić information content (AvgIpc) is 4.26. The maximum atomic E-state index is 6.75. The predicted molar refractivity (Wildman–Crippen MR) is 320 cm³/mol. The molecule has 0 N–H and O–H groups in total. The minimum absolute atomic E-state index is 0.528. The van der Waals surface area contributed by atoms with Crippen LogP contribution in [0.15, 0.2) is 273 Å². The molecule has 3 nitrogen and oxygen atoms in total. The lowest BCUT2D eigenvalue weighted by Crippen LogP contribution is -2.32. The monoisotopic (exact) mass is 1010 g/mol. The molecule has 0 unspecified atom stereocenters. The van der Waals surface area contributed by atoms with E-state index in [1.54, 1.807) is 0 Å². The number of hydrogen-bond acceptors (Lipinski definition) is 4. The van der Waals surface area contributed by atoms with E-state index in [1.807, 2.05) is 11.3 Å². The summed E-state index contributed by atoms with van der Waals surface area (Å²) < 4.78 is 16.0. The van der Waals surface area contributed by atoms with Crippen molar-refractivity contribution in [2.45, 2.75) is 10.8 Å². The van der Waals surface area contributed by atoms with Crippen LogP contribution < -0.4 is 14.4 Å². The summed E-state index contributed by atoms with van der Waals surface area (Å²) in [5.74, 6) is 3.55. The average molecular weight is 1010 g/mol. The number of anilines is 3. The first-order chi connectivity index (χ1) is 38.7. The highest BCUT2D eigenvalue weighted by atomic mass is 32.1. The van der Waals surface area contributed by atoms with E-state index in [9.17, 15) is 0 Å². The van der Waals surface area contributed by atoms with Crippen LogP contribution >= 0.6 is 11.3 Å². The van der Waals surface area contributed by atoms with Gasteiger partial charge in [0.05, 0.1) is 10.8 Å². The zero-order valence-corrected chi connectivity index (χ0v) is 43.0. The number of hydrogen-bond donors (Lipinski definition) is 0. The number of benzene rings is 12. The minimum atomic E-state index is -0.614. The fourth-order valence-electron chi connectivity index (χ4n) is 14.1. The SMILES string of the molecule is c1cc(-c2ccc3c(c2)-c2ccccc2C32c3ccccc3Oc3ccccc32)cc(N(c2ccc(-c3cccc4c3sc3ccccc34)cc2)c2ccc3c(c2)C2(c4ccccc4Oc4ccccc42)c2ccccc2-3)c1. The Morgan fingerprint density at radius 3 is 1.37 bits per heavy atom. The Morgan fingerprint density at radius 2 is 0.718 bits per heavy atom. The predicted octanol–water partition coefficient (Wildman–Crippen LogP) is 19.8. The molecule has 12 aromatic carbocycles. The number of fused-ring (bicyclic) bond motifs is 21. The van der Waals surface area contributed by atoms with Crippen LogP contribution in [-0.4, -0.2) is 0 Å². The molecule has 3 heterocycles. The summed E-state index contributed by atoms with van der Waals surface area (Å²) in [5.41, 5.74) is 21.4. The number of ether oxygens (including phenoxy) is 2. The van der Waals surface area contributed by atoms with E-state index in [1.165, 1.54) is 86.9 Å². The molecule has 1 aromatic heterocycles. The van der Waals surface area contributed by atoms with Crippen LogP contribution in [0.2, 0.25) is 0 Å². The Bertz CT molecular complexity index is 4570. The third-order valence-corrected chi connectivity index (χ3v) is 18.4. The van der Waals surface area contributed by atoms with Crippen LogP contribution in [0, 0.1) is 0 Å². The fraction of sp³-hybridized carbons (Fsp3) is 0.0270. The molecule has 2 aliphatic heterocycles. The summed E-state index contributed by atoms with van der Waals surface area (Å²) in [6, 6.07) is 100. The number of thiophene rings is 1. The first-order valence-corrected chi connectivity index (χ1v) is 27.6. The van der Waals surface area contributed by atoms with Crippen LogP contribution in [0.3, 0.4) is 0 Å². The number of rotatable bonds is 5. The van der Waals surface area contributed by atoms with Gasteiger partial charge in [0, 0.05) is 59.5 Å². The van der Waals surface area contributed by atoms with Crippen LogP contribution in [0.25, 0.3) is 64.7 Å². The summed E-state index contributed by atoms with van der Waals surface area (Å²) in [6.07, 6.45) is 0. The van der Waals surface area contributed by atoms with Crippen molar-refractivity contribution < 1.29 is 9.47 Å². The van der Waals surface area contributed by atoms with E-state index < -0.39 is 10.8 Å². The van der Waals surface area contributed by atoms with E-state index in [-0.39, 0.29) is 0 Å². The molecular formula is C74H45NO2S. The summed E-state index contributed by atoms with van der Waals surface area (Å²) in [5, 5.41) is 2.60. The summed E-state index contributed by atoms with van der Waals surface area (Å²) in [6.45, 7) is 0. The van der Waals surface area contributed by atoms with Gasteiger partial charge in [0.1, 0.15) is 23.0 Å². The number of nitrogens with zero attached hydrogens (tertiary/aromatic N) is 1. The fourth-order valence-corrected chi connectivity index (χ4v) is 15.3. The Balaban J connectivity index is 0.857. The molecular weight excluding hydrogens is 967 g/mol. The Morgan fingerprint density at radius 1 is 0.269 bits per heavy atom. The molecule has 364 valence electrons. The zero-order valence-electron chi connectivity index (χ0n) is 42.2. The van der Waals surface area contributed by atoms with Crippen molar-refractivity contribution in [3.8, 4) is 67.5 Å². The van der Waals surface area contributed by atoms with Gasteiger partial charge < -0.3 is 14.4 Å². The number of para-hydroxylation sites is 4.